The minimum atomic E-state index is -0.361. The number of urea groups is 1. The van der Waals surface area contributed by atoms with Gasteiger partial charge in [0.15, 0.2) is 0 Å². The van der Waals surface area contributed by atoms with Crippen LogP contribution in [0.4, 0.5) is 25.0 Å². The van der Waals surface area contributed by atoms with Gasteiger partial charge in [-0.1, -0.05) is 0 Å². The highest BCUT2D eigenvalue weighted by Crippen LogP contribution is 2.11. The first-order chi connectivity index (χ1) is 13.0. The Bertz CT molecular complexity index is 788. The molecule has 2 aromatic carbocycles. The predicted molar refractivity (Wildman–Crippen MR) is 98.5 cm³/mol. The molecule has 0 spiro atoms. The number of piperazine rings is 1. The van der Waals surface area contributed by atoms with Crippen LogP contribution < -0.4 is 10.6 Å². The van der Waals surface area contributed by atoms with E-state index < -0.39 is 0 Å². The van der Waals surface area contributed by atoms with Crippen molar-refractivity contribution in [2.75, 3.05) is 43.4 Å². The molecule has 0 bridgehead atoms. The maximum absolute atomic E-state index is 12.9. The Morgan fingerprint density at radius 3 is 1.78 bits per heavy atom. The molecule has 0 saturated carbocycles. The maximum atomic E-state index is 12.9. The van der Waals surface area contributed by atoms with Crippen LogP contribution >= 0.6 is 0 Å². The van der Waals surface area contributed by atoms with E-state index in [4.69, 9.17) is 0 Å². The fourth-order valence-electron chi connectivity index (χ4n) is 2.78. The van der Waals surface area contributed by atoms with Gasteiger partial charge in [-0.15, -0.1) is 0 Å². The summed E-state index contributed by atoms with van der Waals surface area (Å²) < 4.78 is 25.8. The number of amides is 3. The minimum Gasteiger partial charge on any atom is -0.325 e. The Balaban J connectivity index is 1.42. The van der Waals surface area contributed by atoms with Crippen LogP contribution in [0, 0.1) is 11.6 Å². The van der Waals surface area contributed by atoms with E-state index >= 15 is 0 Å². The lowest BCUT2D eigenvalue weighted by Gasteiger charge is -2.34. The Hall–Kier alpha value is -3.00. The number of carbonyl (C=O) groups is 2. The molecule has 2 aromatic rings. The van der Waals surface area contributed by atoms with Gasteiger partial charge in [0.1, 0.15) is 11.6 Å². The van der Waals surface area contributed by atoms with Crippen molar-refractivity contribution in [3.8, 4) is 0 Å². The van der Waals surface area contributed by atoms with Crippen LogP contribution in [0.2, 0.25) is 0 Å². The highest BCUT2D eigenvalue weighted by atomic mass is 19.1. The first-order valence-corrected chi connectivity index (χ1v) is 8.59. The number of carbonyl (C=O) groups excluding carboxylic acids is 2. The molecular formula is C19H20F2N4O2. The lowest BCUT2D eigenvalue weighted by Crippen LogP contribution is -2.51. The summed E-state index contributed by atoms with van der Waals surface area (Å²) in [6.45, 7) is 2.29. The molecule has 8 heteroatoms. The van der Waals surface area contributed by atoms with Gasteiger partial charge in [-0.05, 0) is 48.5 Å². The molecule has 1 aliphatic rings. The molecule has 142 valence electrons. The molecule has 27 heavy (non-hydrogen) atoms. The Kier molecular flexibility index (Phi) is 5.97. The zero-order chi connectivity index (χ0) is 19.2. The third-order valence-corrected chi connectivity index (χ3v) is 4.25. The van der Waals surface area contributed by atoms with Gasteiger partial charge in [-0.25, -0.2) is 13.6 Å². The number of nitrogens with one attached hydrogen (secondary N) is 2. The summed E-state index contributed by atoms with van der Waals surface area (Å²) in [6.07, 6.45) is 0. The summed E-state index contributed by atoms with van der Waals surface area (Å²) in [5, 5.41) is 5.44. The van der Waals surface area contributed by atoms with E-state index in [9.17, 15) is 18.4 Å². The summed E-state index contributed by atoms with van der Waals surface area (Å²) in [5.74, 6) is -0.908. The van der Waals surface area contributed by atoms with Crippen LogP contribution in [0.3, 0.4) is 0 Å². The zero-order valence-corrected chi connectivity index (χ0v) is 14.6. The van der Waals surface area contributed by atoms with Crippen LogP contribution in [-0.2, 0) is 4.79 Å². The molecule has 0 aromatic heterocycles. The summed E-state index contributed by atoms with van der Waals surface area (Å²) in [5.41, 5.74) is 1.07. The second-order valence-electron chi connectivity index (χ2n) is 6.26. The predicted octanol–water partition coefficient (Wildman–Crippen LogP) is 2.75. The van der Waals surface area contributed by atoms with Crippen LogP contribution in [0.15, 0.2) is 48.5 Å². The fourth-order valence-corrected chi connectivity index (χ4v) is 2.78. The third-order valence-electron chi connectivity index (χ3n) is 4.25. The normalized spacial score (nSPS) is 14.7. The Morgan fingerprint density at radius 2 is 1.26 bits per heavy atom. The van der Waals surface area contributed by atoms with Gasteiger partial charge in [-0.2, -0.15) is 0 Å². The van der Waals surface area contributed by atoms with Crippen LogP contribution in [0.25, 0.3) is 0 Å². The first kappa shape index (κ1) is 18.8. The minimum absolute atomic E-state index is 0.189. The van der Waals surface area contributed by atoms with E-state index in [-0.39, 0.29) is 30.1 Å². The van der Waals surface area contributed by atoms with Crippen LogP contribution in [0.5, 0.6) is 0 Å². The van der Waals surface area contributed by atoms with Gasteiger partial charge in [-0.3, -0.25) is 9.69 Å². The molecule has 3 rings (SSSR count). The number of hydrogen-bond acceptors (Lipinski definition) is 3. The molecule has 1 aliphatic heterocycles. The molecule has 1 fully saturated rings. The summed E-state index contributed by atoms with van der Waals surface area (Å²) in [4.78, 5) is 27.9. The van der Waals surface area contributed by atoms with E-state index in [1.807, 2.05) is 4.90 Å². The monoisotopic (exact) mass is 374 g/mol. The second kappa shape index (κ2) is 8.59. The highest BCUT2D eigenvalue weighted by Gasteiger charge is 2.22. The molecule has 0 atom stereocenters. The molecule has 1 heterocycles. The lowest BCUT2D eigenvalue weighted by molar-refractivity contribution is -0.117. The average Bonchev–Trinajstić information content (AvgIpc) is 2.66. The second-order valence-corrected chi connectivity index (χ2v) is 6.26. The summed E-state index contributed by atoms with van der Waals surface area (Å²) >= 11 is 0. The lowest BCUT2D eigenvalue weighted by atomic mass is 10.3. The SMILES string of the molecule is O=C(CN1CCN(C(=O)Nc2ccc(F)cc2)CC1)Nc1ccc(F)cc1. The Labute approximate surface area is 155 Å². The van der Waals surface area contributed by atoms with E-state index in [0.717, 1.165) is 0 Å². The molecule has 6 nitrogen and oxygen atoms in total. The van der Waals surface area contributed by atoms with Gasteiger partial charge in [0.05, 0.1) is 6.54 Å². The van der Waals surface area contributed by atoms with E-state index in [1.165, 1.54) is 48.5 Å². The number of benzene rings is 2. The number of nitrogens with zero attached hydrogens (tertiary/aromatic N) is 2. The number of hydrogen-bond donors (Lipinski definition) is 2. The van der Waals surface area contributed by atoms with Crippen LogP contribution in [-0.4, -0.2) is 54.5 Å². The zero-order valence-electron chi connectivity index (χ0n) is 14.6. The van der Waals surface area contributed by atoms with Crippen molar-refractivity contribution >= 4 is 23.3 Å². The van der Waals surface area contributed by atoms with Crippen molar-refractivity contribution in [1.82, 2.24) is 9.80 Å². The number of halogens is 2. The molecular weight excluding hydrogens is 354 g/mol. The van der Waals surface area contributed by atoms with Crippen molar-refractivity contribution in [1.29, 1.82) is 0 Å². The largest absolute Gasteiger partial charge is 0.325 e. The quantitative estimate of drug-likeness (QED) is 0.865. The van der Waals surface area contributed by atoms with Gasteiger partial charge < -0.3 is 15.5 Å². The number of anilines is 2. The average molecular weight is 374 g/mol. The standard InChI is InChI=1S/C19H20F2N4O2/c20-14-1-5-16(6-2-14)22-18(26)13-24-9-11-25(12-10-24)19(27)23-17-7-3-15(21)4-8-17/h1-8H,9-13H2,(H,22,26)(H,23,27). The summed E-state index contributed by atoms with van der Waals surface area (Å²) in [6, 6.07) is 10.9. The molecule has 1 saturated heterocycles. The topological polar surface area (TPSA) is 64.7 Å². The summed E-state index contributed by atoms with van der Waals surface area (Å²) in [7, 11) is 0. The van der Waals surface area contributed by atoms with Crippen molar-refractivity contribution < 1.29 is 18.4 Å². The van der Waals surface area contributed by atoms with Gasteiger partial charge in [0.2, 0.25) is 5.91 Å². The third kappa shape index (κ3) is 5.49. The first-order valence-electron chi connectivity index (χ1n) is 8.59. The molecule has 0 unspecified atom stereocenters. The Morgan fingerprint density at radius 1 is 0.778 bits per heavy atom. The van der Waals surface area contributed by atoms with Crippen molar-refractivity contribution in [3.63, 3.8) is 0 Å². The fraction of sp³-hybridized carbons (Fsp3) is 0.263. The van der Waals surface area contributed by atoms with E-state index in [0.29, 0.717) is 37.6 Å². The van der Waals surface area contributed by atoms with E-state index in [1.54, 1.807) is 4.90 Å². The van der Waals surface area contributed by atoms with Gasteiger partial charge in [0.25, 0.3) is 0 Å². The molecule has 0 radical (unpaired) electrons. The van der Waals surface area contributed by atoms with Crippen molar-refractivity contribution in [2.45, 2.75) is 0 Å². The van der Waals surface area contributed by atoms with Crippen LogP contribution in [0.1, 0.15) is 0 Å². The van der Waals surface area contributed by atoms with Gasteiger partial charge in [0, 0.05) is 37.6 Å². The van der Waals surface area contributed by atoms with E-state index in [2.05, 4.69) is 10.6 Å². The highest BCUT2D eigenvalue weighted by molar-refractivity contribution is 5.92. The van der Waals surface area contributed by atoms with Crippen molar-refractivity contribution in [2.24, 2.45) is 0 Å². The molecule has 0 aliphatic carbocycles. The molecule has 2 N–H and O–H groups in total. The van der Waals surface area contributed by atoms with Crippen molar-refractivity contribution in [3.05, 3.63) is 60.2 Å². The van der Waals surface area contributed by atoms with Gasteiger partial charge >= 0.3 is 6.03 Å². The smallest absolute Gasteiger partial charge is 0.321 e. The molecule has 3 amide bonds. The number of rotatable bonds is 4. The maximum Gasteiger partial charge on any atom is 0.321 e.